The van der Waals surface area contributed by atoms with E-state index in [4.69, 9.17) is 4.74 Å². The van der Waals surface area contributed by atoms with Crippen molar-refractivity contribution in [3.63, 3.8) is 0 Å². The third-order valence-electron chi connectivity index (χ3n) is 2.11. The lowest BCUT2D eigenvalue weighted by Crippen LogP contribution is -2.38. The molecule has 0 atom stereocenters. The summed E-state index contributed by atoms with van der Waals surface area (Å²) in [4.78, 5) is 3.95. The number of morpholine rings is 1. The summed E-state index contributed by atoms with van der Waals surface area (Å²) in [6.45, 7) is 5.47. The van der Waals surface area contributed by atoms with Crippen LogP contribution in [0.5, 0.6) is 0 Å². The average Bonchev–Trinajstić information content (AvgIpc) is 2.69. The van der Waals surface area contributed by atoms with Crippen LogP contribution in [0.4, 0.5) is 0 Å². The minimum atomic E-state index is 0.806. The Morgan fingerprint density at radius 3 is 2.77 bits per heavy atom. The van der Waals surface area contributed by atoms with Gasteiger partial charge >= 0.3 is 0 Å². The fourth-order valence-corrected chi connectivity index (χ4v) is 1.35. The summed E-state index contributed by atoms with van der Waals surface area (Å²) >= 11 is 0. The first-order valence-corrected chi connectivity index (χ1v) is 4.46. The maximum atomic E-state index is 5.24. The van der Waals surface area contributed by atoms with Gasteiger partial charge in [0.1, 0.15) is 0 Å². The van der Waals surface area contributed by atoms with Gasteiger partial charge < -0.3 is 4.74 Å². The highest BCUT2D eigenvalue weighted by Crippen LogP contribution is 1.95. The Kier molecular flexibility index (Phi) is 2.83. The molecule has 72 valence electrons. The van der Waals surface area contributed by atoms with Gasteiger partial charge in [-0.1, -0.05) is 0 Å². The zero-order valence-corrected chi connectivity index (χ0v) is 7.46. The van der Waals surface area contributed by atoms with E-state index in [1.165, 1.54) is 6.33 Å². The van der Waals surface area contributed by atoms with E-state index in [-0.39, 0.29) is 0 Å². The molecule has 0 aliphatic carbocycles. The van der Waals surface area contributed by atoms with E-state index in [1.54, 1.807) is 4.80 Å². The highest BCUT2D eigenvalue weighted by atomic mass is 16.5. The van der Waals surface area contributed by atoms with Crippen molar-refractivity contribution < 1.29 is 4.74 Å². The lowest BCUT2D eigenvalue weighted by atomic mass is 10.4. The van der Waals surface area contributed by atoms with Crippen LogP contribution in [0.3, 0.4) is 0 Å². The van der Waals surface area contributed by atoms with E-state index in [0.717, 1.165) is 39.4 Å². The van der Waals surface area contributed by atoms with Crippen LogP contribution in [0.15, 0.2) is 6.33 Å². The Labute approximate surface area is 76.5 Å². The van der Waals surface area contributed by atoms with Gasteiger partial charge in [-0.2, -0.15) is 4.80 Å². The van der Waals surface area contributed by atoms with Crippen LogP contribution in [0.1, 0.15) is 0 Å². The highest BCUT2D eigenvalue weighted by Gasteiger charge is 2.09. The molecule has 0 radical (unpaired) electrons. The first-order valence-electron chi connectivity index (χ1n) is 4.46. The molecular formula is C7H13N5O. The Balaban J connectivity index is 1.72. The molecule has 0 saturated carbocycles. The lowest BCUT2D eigenvalue weighted by molar-refractivity contribution is 0.0354. The summed E-state index contributed by atoms with van der Waals surface area (Å²) in [5.74, 6) is 0. The molecule has 0 unspecified atom stereocenters. The number of ether oxygens (including phenoxy) is 1. The fraction of sp³-hybridized carbons (Fsp3) is 0.857. The van der Waals surface area contributed by atoms with Crippen molar-refractivity contribution in [1.29, 1.82) is 0 Å². The summed E-state index contributed by atoms with van der Waals surface area (Å²) < 4.78 is 5.24. The van der Waals surface area contributed by atoms with Gasteiger partial charge in [-0.05, 0) is 5.21 Å². The standard InChI is InChI=1S/C7H13N5O/c1(2-12-9-7-8-10-12)11-3-5-13-6-4-11/h7H,1-6H2. The van der Waals surface area contributed by atoms with E-state index < -0.39 is 0 Å². The largest absolute Gasteiger partial charge is 0.379 e. The second-order valence-electron chi connectivity index (χ2n) is 2.99. The molecule has 2 heterocycles. The number of rotatable bonds is 3. The quantitative estimate of drug-likeness (QED) is 0.602. The molecule has 1 aromatic rings. The minimum absolute atomic E-state index is 0.806. The van der Waals surface area contributed by atoms with Crippen LogP contribution >= 0.6 is 0 Å². The Hall–Kier alpha value is -1.01. The van der Waals surface area contributed by atoms with Crippen molar-refractivity contribution in [3.8, 4) is 0 Å². The molecule has 1 aliphatic heterocycles. The minimum Gasteiger partial charge on any atom is -0.379 e. The molecule has 1 saturated heterocycles. The molecular weight excluding hydrogens is 170 g/mol. The van der Waals surface area contributed by atoms with Gasteiger partial charge in [-0.15, -0.1) is 10.2 Å². The van der Waals surface area contributed by atoms with Crippen LogP contribution in [0.25, 0.3) is 0 Å². The first-order chi connectivity index (χ1) is 6.45. The molecule has 1 fully saturated rings. The maximum Gasteiger partial charge on any atom is 0.162 e. The Morgan fingerprint density at radius 2 is 2.08 bits per heavy atom. The molecule has 2 rings (SSSR count). The molecule has 1 aromatic heterocycles. The molecule has 6 nitrogen and oxygen atoms in total. The predicted molar refractivity (Wildman–Crippen MR) is 45.1 cm³/mol. The number of hydrogen-bond donors (Lipinski definition) is 0. The van der Waals surface area contributed by atoms with Crippen LogP contribution < -0.4 is 0 Å². The molecule has 0 N–H and O–H groups in total. The van der Waals surface area contributed by atoms with E-state index >= 15 is 0 Å². The van der Waals surface area contributed by atoms with E-state index in [1.807, 2.05) is 0 Å². The van der Waals surface area contributed by atoms with Crippen molar-refractivity contribution in [2.75, 3.05) is 32.8 Å². The molecule has 0 bridgehead atoms. The predicted octanol–water partition coefficient (Wildman–Crippen LogP) is -0.995. The lowest BCUT2D eigenvalue weighted by Gasteiger charge is -2.25. The summed E-state index contributed by atoms with van der Waals surface area (Å²) in [5.41, 5.74) is 0. The van der Waals surface area contributed by atoms with Crippen LogP contribution in [0.2, 0.25) is 0 Å². The van der Waals surface area contributed by atoms with Crippen LogP contribution in [0, 0.1) is 0 Å². The first kappa shape index (κ1) is 8.58. The van der Waals surface area contributed by atoms with Gasteiger partial charge in [0.15, 0.2) is 6.33 Å². The third kappa shape index (κ3) is 2.46. The molecule has 0 spiro atoms. The molecule has 6 heteroatoms. The van der Waals surface area contributed by atoms with Gasteiger partial charge in [0, 0.05) is 19.6 Å². The van der Waals surface area contributed by atoms with Crippen molar-refractivity contribution in [2.24, 2.45) is 0 Å². The van der Waals surface area contributed by atoms with E-state index in [2.05, 4.69) is 20.3 Å². The monoisotopic (exact) mass is 183 g/mol. The average molecular weight is 183 g/mol. The van der Waals surface area contributed by atoms with Crippen molar-refractivity contribution in [2.45, 2.75) is 6.54 Å². The van der Waals surface area contributed by atoms with E-state index in [0.29, 0.717) is 0 Å². The second-order valence-corrected chi connectivity index (χ2v) is 2.99. The smallest absolute Gasteiger partial charge is 0.162 e. The Bertz CT molecular complexity index is 231. The summed E-state index contributed by atoms with van der Waals surface area (Å²) in [6.07, 6.45) is 1.46. The summed E-state index contributed by atoms with van der Waals surface area (Å²) in [5, 5.41) is 11.4. The van der Waals surface area contributed by atoms with Crippen LogP contribution in [-0.4, -0.2) is 58.0 Å². The Morgan fingerprint density at radius 1 is 1.23 bits per heavy atom. The zero-order valence-electron chi connectivity index (χ0n) is 7.46. The molecule has 0 amide bonds. The molecule has 1 aliphatic rings. The fourth-order valence-electron chi connectivity index (χ4n) is 1.35. The van der Waals surface area contributed by atoms with Gasteiger partial charge in [0.2, 0.25) is 0 Å². The summed E-state index contributed by atoms with van der Waals surface area (Å²) in [6, 6.07) is 0. The zero-order chi connectivity index (χ0) is 8.93. The number of hydrogen-bond acceptors (Lipinski definition) is 5. The van der Waals surface area contributed by atoms with E-state index in [9.17, 15) is 0 Å². The number of tetrazole rings is 1. The molecule has 0 aromatic carbocycles. The second kappa shape index (κ2) is 4.29. The molecule has 13 heavy (non-hydrogen) atoms. The normalized spacial score (nSPS) is 19.1. The number of nitrogens with zero attached hydrogens (tertiary/aromatic N) is 5. The van der Waals surface area contributed by atoms with Crippen LogP contribution in [-0.2, 0) is 11.3 Å². The summed E-state index contributed by atoms with van der Waals surface area (Å²) in [7, 11) is 0. The van der Waals surface area contributed by atoms with Gasteiger partial charge in [-0.3, -0.25) is 4.90 Å². The van der Waals surface area contributed by atoms with Crippen molar-refractivity contribution >= 4 is 0 Å². The number of aromatic nitrogens is 4. The van der Waals surface area contributed by atoms with Gasteiger partial charge in [-0.25, -0.2) is 0 Å². The van der Waals surface area contributed by atoms with Gasteiger partial charge in [0.25, 0.3) is 0 Å². The van der Waals surface area contributed by atoms with Gasteiger partial charge in [0.05, 0.1) is 19.8 Å². The maximum absolute atomic E-state index is 5.24. The highest BCUT2D eigenvalue weighted by molar-refractivity contribution is 4.60. The van der Waals surface area contributed by atoms with Crippen molar-refractivity contribution in [3.05, 3.63) is 6.33 Å². The van der Waals surface area contributed by atoms with Crippen molar-refractivity contribution in [1.82, 2.24) is 25.1 Å². The topological polar surface area (TPSA) is 56.1 Å². The third-order valence-corrected chi connectivity index (χ3v) is 2.11. The SMILES string of the molecule is c1nnn(CCN2CCOCC2)n1.